The molecule has 0 bridgehead atoms. The van der Waals surface area contributed by atoms with E-state index < -0.39 is 5.60 Å². The van der Waals surface area contributed by atoms with Gasteiger partial charge in [-0.2, -0.15) is 0 Å². The third kappa shape index (κ3) is 2.34. The molecule has 2 aliphatic rings. The Kier molecular flexibility index (Phi) is 4.07. The third-order valence-electron chi connectivity index (χ3n) is 4.63. The summed E-state index contributed by atoms with van der Waals surface area (Å²) in [5, 5.41) is 10.9. The summed E-state index contributed by atoms with van der Waals surface area (Å²) in [5.41, 5.74) is 0.961. The van der Waals surface area contributed by atoms with Crippen LogP contribution in [0.25, 0.3) is 0 Å². The van der Waals surface area contributed by atoms with Crippen LogP contribution in [-0.2, 0) is 0 Å². The van der Waals surface area contributed by atoms with Gasteiger partial charge in [-0.05, 0) is 56.4 Å². The van der Waals surface area contributed by atoms with Crippen molar-refractivity contribution in [2.24, 2.45) is 5.92 Å². The van der Waals surface area contributed by atoms with Crippen LogP contribution in [0.15, 0.2) is 11.6 Å². The van der Waals surface area contributed by atoms with Gasteiger partial charge in [-0.15, -0.1) is 0 Å². The van der Waals surface area contributed by atoms with Crippen LogP contribution < -0.4 is 0 Å². The zero-order valence-electron chi connectivity index (χ0n) is 10.7. The van der Waals surface area contributed by atoms with Crippen molar-refractivity contribution in [3.63, 3.8) is 0 Å². The average molecular weight is 222 g/mol. The average Bonchev–Trinajstić information content (AvgIpc) is 2.59. The smallest absolute Gasteiger partial charge is 0.0884 e. The fourth-order valence-corrected chi connectivity index (χ4v) is 3.61. The number of allylic oxidation sites excluding steroid dienone is 1. The van der Waals surface area contributed by atoms with E-state index >= 15 is 0 Å². The summed E-state index contributed by atoms with van der Waals surface area (Å²) in [7, 11) is 0. The Hall–Kier alpha value is -0.300. The van der Waals surface area contributed by atoms with Gasteiger partial charge in [-0.1, -0.05) is 32.3 Å². The monoisotopic (exact) mass is 222 g/mol. The number of hydrogen-bond acceptors (Lipinski definition) is 1. The molecule has 2 atom stereocenters. The number of aliphatic hydroxyl groups is 1. The molecular weight excluding hydrogens is 196 g/mol. The second-order valence-electron chi connectivity index (χ2n) is 5.60. The topological polar surface area (TPSA) is 20.2 Å². The zero-order chi connectivity index (χ0) is 11.4. The molecule has 0 amide bonds. The molecule has 0 saturated heterocycles. The predicted molar refractivity (Wildman–Crippen MR) is 68.4 cm³/mol. The highest BCUT2D eigenvalue weighted by Crippen LogP contribution is 2.44. The normalized spacial score (nSPS) is 36.6. The van der Waals surface area contributed by atoms with E-state index in [0.29, 0.717) is 5.92 Å². The first-order valence-electron chi connectivity index (χ1n) is 7.19. The zero-order valence-corrected chi connectivity index (χ0v) is 10.7. The molecule has 2 rings (SSSR count). The van der Waals surface area contributed by atoms with Gasteiger partial charge in [0.15, 0.2) is 0 Å². The van der Waals surface area contributed by atoms with E-state index in [-0.39, 0.29) is 0 Å². The highest BCUT2D eigenvalue weighted by molar-refractivity contribution is 5.21. The van der Waals surface area contributed by atoms with Crippen LogP contribution in [-0.4, -0.2) is 10.7 Å². The minimum absolute atomic E-state index is 0.425. The van der Waals surface area contributed by atoms with Gasteiger partial charge in [-0.3, -0.25) is 0 Å². The Labute approximate surface area is 99.9 Å². The van der Waals surface area contributed by atoms with E-state index in [9.17, 15) is 5.11 Å². The highest BCUT2D eigenvalue weighted by atomic mass is 16.3. The van der Waals surface area contributed by atoms with Crippen molar-refractivity contribution in [3.05, 3.63) is 11.6 Å². The standard InChI is InChI=1S/C15H26O/c1-2-13-11-8-12-15(13,16)14-9-6-4-3-5-7-10-14/h9,13,16H,2-8,10-12H2,1H3. The molecule has 0 aromatic carbocycles. The van der Waals surface area contributed by atoms with Crippen molar-refractivity contribution < 1.29 is 5.11 Å². The van der Waals surface area contributed by atoms with E-state index in [1.807, 2.05) is 0 Å². The van der Waals surface area contributed by atoms with Gasteiger partial charge >= 0.3 is 0 Å². The lowest BCUT2D eigenvalue weighted by molar-refractivity contribution is 0.0332. The fraction of sp³-hybridized carbons (Fsp3) is 0.867. The van der Waals surface area contributed by atoms with E-state index in [1.54, 1.807) is 0 Å². The molecule has 0 aromatic rings. The lowest BCUT2D eigenvalue weighted by Gasteiger charge is -2.33. The first-order valence-corrected chi connectivity index (χ1v) is 7.19. The minimum atomic E-state index is -0.425. The lowest BCUT2D eigenvalue weighted by atomic mass is 9.78. The van der Waals surface area contributed by atoms with Crippen LogP contribution in [0.4, 0.5) is 0 Å². The minimum Gasteiger partial charge on any atom is -0.385 e. The molecule has 1 fully saturated rings. The molecule has 92 valence electrons. The Morgan fingerprint density at radius 2 is 2.06 bits per heavy atom. The Morgan fingerprint density at radius 1 is 1.25 bits per heavy atom. The lowest BCUT2D eigenvalue weighted by Crippen LogP contribution is -2.35. The van der Waals surface area contributed by atoms with Crippen molar-refractivity contribution in [1.82, 2.24) is 0 Å². The summed E-state index contributed by atoms with van der Waals surface area (Å²) < 4.78 is 0. The molecule has 1 nitrogen and oxygen atoms in total. The van der Waals surface area contributed by atoms with Crippen molar-refractivity contribution in [1.29, 1.82) is 0 Å². The molecular formula is C15H26O. The van der Waals surface area contributed by atoms with Gasteiger partial charge in [0.2, 0.25) is 0 Å². The second-order valence-corrected chi connectivity index (χ2v) is 5.60. The molecule has 1 N–H and O–H groups in total. The molecule has 0 spiro atoms. The maximum Gasteiger partial charge on any atom is 0.0884 e. The van der Waals surface area contributed by atoms with Crippen LogP contribution in [0, 0.1) is 5.92 Å². The summed E-state index contributed by atoms with van der Waals surface area (Å²) in [5.74, 6) is 0.526. The molecule has 0 aromatic heterocycles. The largest absolute Gasteiger partial charge is 0.385 e. The van der Waals surface area contributed by atoms with Gasteiger partial charge in [0, 0.05) is 0 Å². The first-order chi connectivity index (χ1) is 7.77. The molecule has 0 radical (unpaired) electrons. The van der Waals surface area contributed by atoms with E-state index in [0.717, 1.165) is 19.3 Å². The summed E-state index contributed by atoms with van der Waals surface area (Å²) in [6.07, 6.45) is 14.6. The van der Waals surface area contributed by atoms with Crippen LogP contribution in [0.3, 0.4) is 0 Å². The maximum absolute atomic E-state index is 10.9. The van der Waals surface area contributed by atoms with Crippen LogP contribution in [0.1, 0.15) is 71.1 Å². The molecule has 16 heavy (non-hydrogen) atoms. The van der Waals surface area contributed by atoms with Crippen LogP contribution in [0.5, 0.6) is 0 Å². The molecule has 2 unspecified atom stereocenters. The molecule has 1 saturated carbocycles. The van der Waals surface area contributed by atoms with E-state index in [2.05, 4.69) is 13.0 Å². The summed E-state index contributed by atoms with van der Waals surface area (Å²) >= 11 is 0. The first kappa shape index (κ1) is 12.2. The third-order valence-corrected chi connectivity index (χ3v) is 4.63. The molecule has 0 heterocycles. The fourth-order valence-electron chi connectivity index (χ4n) is 3.61. The Balaban J connectivity index is 2.13. The van der Waals surface area contributed by atoms with E-state index in [4.69, 9.17) is 0 Å². The summed E-state index contributed by atoms with van der Waals surface area (Å²) in [6, 6.07) is 0. The van der Waals surface area contributed by atoms with Gasteiger partial charge < -0.3 is 5.11 Å². The van der Waals surface area contributed by atoms with Gasteiger partial charge in [0.25, 0.3) is 0 Å². The van der Waals surface area contributed by atoms with E-state index in [1.165, 1.54) is 50.5 Å². The molecule has 2 aliphatic carbocycles. The summed E-state index contributed by atoms with van der Waals surface area (Å²) in [4.78, 5) is 0. The van der Waals surface area contributed by atoms with Gasteiger partial charge in [-0.25, -0.2) is 0 Å². The van der Waals surface area contributed by atoms with Gasteiger partial charge in [0.05, 0.1) is 5.60 Å². The van der Waals surface area contributed by atoms with Crippen LogP contribution in [0.2, 0.25) is 0 Å². The SMILES string of the molecule is CCC1CCCC1(O)C1=CCCCCCC1. The van der Waals surface area contributed by atoms with Crippen LogP contribution >= 0.6 is 0 Å². The predicted octanol–water partition coefficient (Wildman–Crippen LogP) is 4.21. The Bertz CT molecular complexity index is 256. The highest BCUT2D eigenvalue weighted by Gasteiger charge is 2.42. The molecule has 0 aliphatic heterocycles. The quantitative estimate of drug-likeness (QED) is 0.694. The van der Waals surface area contributed by atoms with Crippen molar-refractivity contribution in [2.45, 2.75) is 76.7 Å². The van der Waals surface area contributed by atoms with Crippen molar-refractivity contribution in [2.75, 3.05) is 0 Å². The van der Waals surface area contributed by atoms with Crippen molar-refractivity contribution in [3.8, 4) is 0 Å². The van der Waals surface area contributed by atoms with Gasteiger partial charge in [0.1, 0.15) is 0 Å². The van der Waals surface area contributed by atoms with Crippen molar-refractivity contribution >= 4 is 0 Å². The summed E-state index contributed by atoms with van der Waals surface area (Å²) in [6.45, 7) is 2.23. The maximum atomic E-state index is 10.9. The number of rotatable bonds is 2. The second kappa shape index (κ2) is 5.35. The molecule has 1 heteroatoms. The number of hydrogen-bond donors (Lipinski definition) is 1. The Morgan fingerprint density at radius 3 is 2.88 bits per heavy atom.